The molecular weight excluding hydrogens is 195 g/mol. The third-order valence-electron chi connectivity index (χ3n) is 2.76. The Balaban J connectivity index is 1.88. The molecule has 2 fully saturated rings. The van der Waals surface area contributed by atoms with Crippen LogP contribution in [0.4, 0.5) is 0 Å². The molecule has 2 aliphatic rings. The lowest BCUT2D eigenvalue weighted by atomic mass is 9.89. The van der Waals surface area contributed by atoms with Gasteiger partial charge in [-0.25, -0.2) is 4.57 Å². The lowest BCUT2D eigenvalue weighted by Gasteiger charge is -2.22. The third-order valence-corrected chi connectivity index (χ3v) is 3.33. The molecule has 3 atom stereocenters. The van der Waals surface area contributed by atoms with E-state index in [0.29, 0.717) is 12.8 Å². The highest BCUT2D eigenvalue weighted by Crippen LogP contribution is 2.50. The second-order valence-corrected chi connectivity index (χ2v) is 5.10. The van der Waals surface area contributed by atoms with Crippen molar-refractivity contribution >= 4 is 7.82 Å². The van der Waals surface area contributed by atoms with E-state index in [4.69, 9.17) is 14.5 Å². The first-order chi connectivity index (χ1) is 5.89. The molecule has 3 unspecified atom stereocenters. The standard InChI is InChI=1S/C7H13O5P/c1-7-3-2-5(4-6(7)11-7)12-13(8,9)10/h5-6H,2-4H2,1H3,(H2,8,9,10). The van der Waals surface area contributed by atoms with Crippen molar-refractivity contribution in [2.45, 2.75) is 44.0 Å². The monoisotopic (exact) mass is 208 g/mol. The maximum atomic E-state index is 10.5. The van der Waals surface area contributed by atoms with Crippen LogP contribution in [-0.2, 0) is 13.8 Å². The second kappa shape index (κ2) is 2.78. The van der Waals surface area contributed by atoms with Crippen molar-refractivity contribution in [2.75, 3.05) is 0 Å². The summed E-state index contributed by atoms with van der Waals surface area (Å²) < 4.78 is 20.5. The Morgan fingerprint density at radius 1 is 1.62 bits per heavy atom. The van der Waals surface area contributed by atoms with Crippen molar-refractivity contribution in [3.05, 3.63) is 0 Å². The molecule has 6 heteroatoms. The van der Waals surface area contributed by atoms with E-state index in [1.807, 2.05) is 6.92 Å². The van der Waals surface area contributed by atoms with Gasteiger partial charge in [-0.3, -0.25) is 4.52 Å². The van der Waals surface area contributed by atoms with E-state index in [9.17, 15) is 4.57 Å². The zero-order valence-corrected chi connectivity index (χ0v) is 8.24. The van der Waals surface area contributed by atoms with Crippen LogP contribution in [0.25, 0.3) is 0 Å². The predicted molar refractivity (Wildman–Crippen MR) is 44.0 cm³/mol. The van der Waals surface area contributed by atoms with Gasteiger partial charge in [0.15, 0.2) is 0 Å². The Labute approximate surface area is 76.3 Å². The summed E-state index contributed by atoms with van der Waals surface area (Å²) >= 11 is 0. The van der Waals surface area contributed by atoms with Crippen LogP contribution < -0.4 is 0 Å². The molecule has 2 rings (SSSR count). The quantitative estimate of drug-likeness (QED) is 0.518. The molecule has 2 N–H and O–H groups in total. The van der Waals surface area contributed by atoms with Crippen LogP contribution in [0.3, 0.4) is 0 Å². The fraction of sp³-hybridized carbons (Fsp3) is 1.00. The number of fused-ring (bicyclic) bond motifs is 1. The minimum absolute atomic E-state index is 0.0330. The van der Waals surface area contributed by atoms with E-state index in [1.54, 1.807) is 0 Å². The third kappa shape index (κ3) is 2.11. The summed E-state index contributed by atoms with van der Waals surface area (Å²) in [4.78, 5) is 17.2. The zero-order valence-electron chi connectivity index (χ0n) is 7.34. The molecule has 0 amide bonds. The molecule has 13 heavy (non-hydrogen) atoms. The molecule has 1 heterocycles. The largest absolute Gasteiger partial charge is 0.469 e. The molecule has 0 spiro atoms. The lowest BCUT2D eigenvalue weighted by molar-refractivity contribution is 0.106. The number of phosphoric ester groups is 1. The van der Waals surface area contributed by atoms with E-state index in [1.165, 1.54) is 0 Å². The fourth-order valence-corrected chi connectivity index (χ4v) is 2.48. The van der Waals surface area contributed by atoms with Gasteiger partial charge in [0.25, 0.3) is 0 Å². The zero-order chi connectivity index (χ0) is 9.69. The smallest absolute Gasteiger partial charge is 0.366 e. The molecule has 76 valence electrons. The van der Waals surface area contributed by atoms with Crippen molar-refractivity contribution in [3.8, 4) is 0 Å². The summed E-state index contributed by atoms with van der Waals surface area (Å²) in [5.74, 6) is 0. The van der Waals surface area contributed by atoms with Gasteiger partial charge in [0, 0.05) is 6.42 Å². The van der Waals surface area contributed by atoms with E-state index in [0.717, 1.165) is 6.42 Å². The van der Waals surface area contributed by atoms with Gasteiger partial charge in [0.1, 0.15) is 0 Å². The number of ether oxygens (including phenoxy) is 1. The summed E-state index contributed by atoms with van der Waals surface area (Å²) in [6.07, 6.45) is 1.88. The van der Waals surface area contributed by atoms with Gasteiger partial charge in [-0.05, 0) is 19.8 Å². The Morgan fingerprint density at radius 3 is 2.85 bits per heavy atom. The molecule has 0 radical (unpaired) electrons. The molecule has 1 saturated heterocycles. The number of hydrogen-bond donors (Lipinski definition) is 2. The van der Waals surface area contributed by atoms with Crippen LogP contribution in [-0.4, -0.2) is 27.6 Å². The summed E-state index contributed by atoms with van der Waals surface area (Å²) in [7, 11) is -4.32. The Bertz CT molecular complexity index is 262. The number of hydrogen-bond acceptors (Lipinski definition) is 3. The molecule has 0 aromatic rings. The Kier molecular flexibility index (Phi) is 2.06. The van der Waals surface area contributed by atoms with E-state index < -0.39 is 7.82 Å². The molecule has 0 bridgehead atoms. The molecular formula is C7H13O5P. The average molecular weight is 208 g/mol. The summed E-state index contributed by atoms with van der Waals surface area (Å²) in [6.45, 7) is 2.02. The van der Waals surface area contributed by atoms with Crippen LogP contribution in [0.15, 0.2) is 0 Å². The van der Waals surface area contributed by atoms with Crippen LogP contribution in [0.2, 0.25) is 0 Å². The van der Waals surface area contributed by atoms with Crippen molar-refractivity contribution < 1.29 is 23.6 Å². The molecule has 5 nitrogen and oxygen atoms in total. The Morgan fingerprint density at radius 2 is 2.31 bits per heavy atom. The first-order valence-corrected chi connectivity index (χ1v) is 5.84. The minimum Gasteiger partial charge on any atom is -0.366 e. The van der Waals surface area contributed by atoms with E-state index >= 15 is 0 Å². The predicted octanol–water partition coefficient (Wildman–Crippen LogP) is 0.806. The van der Waals surface area contributed by atoms with Gasteiger partial charge in [-0.2, -0.15) is 0 Å². The van der Waals surface area contributed by atoms with Gasteiger partial charge in [0.2, 0.25) is 0 Å². The number of epoxide rings is 1. The van der Waals surface area contributed by atoms with Crippen LogP contribution >= 0.6 is 7.82 Å². The Hall–Kier alpha value is 0.0700. The molecule has 0 aromatic carbocycles. The van der Waals surface area contributed by atoms with Gasteiger partial charge in [-0.1, -0.05) is 0 Å². The second-order valence-electron chi connectivity index (χ2n) is 3.91. The minimum atomic E-state index is -4.32. The average Bonchev–Trinajstić information content (AvgIpc) is 2.57. The summed E-state index contributed by atoms with van der Waals surface area (Å²) in [6, 6.07) is 0. The normalized spacial score (nSPS) is 44.2. The van der Waals surface area contributed by atoms with Crippen LogP contribution in [0.5, 0.6) is 0 Å². The van der Waals surface area contributed by atoms with Crippen molar-refractivity contribution in [1.29, 1.82) is 0 Å². The fourth-order valence-electron chi connectivity index (χ4n) is 1.90. The lowest BCUT2D eigenvalue weighted by Crippen LogP contribution is -2.26. The van der Waals surface area contributed by atoms with E-state index in [-0.39, 0.29) is 17.8 Å². The highest BCUT2D eigenvalue weighted by molar-refractivity contribution is 7.46. The van der Waals surface area contributed by atoms with Gasteiger partial charge >= 0.3 is 7.82 Å². The summed E-state index contributed by atoms with van der Waals surface area (Å²) in [5.41, 5.74) is -0.0330. The topological polar surface area (TPSA) is 79.3 Å². The highest BCUT2D eigenvalue weighted by Gasteiger charge is 2.56. The van der Waals surface area contributed by atoms with Crippen LogP contribution in [0.1, 0.15) is 26.2 Å². The first kappa shape index (κ1) is 9.62. The highest BCUT2D eigenvalue weighted by atomic mass is 31.2. The van der Waals surface area contributed by atoms with Gasteiger partial charge in [-0.15, -0.1) is 0 Å². The molecule has 0 aromatic heterocycles. The maximum absolute atomic E-state index is 10.5. The number of rotatable bonds is 2. The summed E-state index contributed by atoms with van der Waals surface area (Å²) in [5, 5.41) is 0. The first-order valence-electron chi connectivity index (χ1n) is 4.31. The van der Waals surface area contributed by atoms with E-state index in [2.05, 4.69) is 4.52 Å². The number of phosphoric acid groups is 1. The molecule has 1 aliphatic carbocycles. The van der Waals surface area contributed by atoms with Gasteiger partial charge < -0.3 is 14.5 Å². The van der Waals surface area contributed by atoms with Gasteiger partial charge in [0.05, 0.1) is 17.8 Å². The molecule has 1 aliphatic heterocycles. The van der Waals surface area contributed by atoms with Crippen LogP contribution in [0, 0.1) is 0 Å². The van der Waals surface area contributed by atoms with Crippen molar-refractivity contribution in [3.63, 3.8) is 0 Å². The van der Waals surface area contributed by atoms with Crippen molar-refractivity contribution in [2.24, 2.45) is 0 Å². The maximum Gasteiger partial charge on any atom is 0.469 e. The molecule has 1 saturated carbocycles. The SMILES string of the molecule is CC12CCC(OP(=O)(O)O)CC1O2. The van der Waals surface area contributed by atoms with Crippen molar-refractivity contribution in [1.82, 2.24) is 0 Å².